The summed E-state index contributed by atoms with van der Waals surface area (Å²) in [6.07, 6.45) is 5.32. The molecule has 0 atom stereocenters. The van der Waals surface area contributed by atoms with Crippen LogP contribution in [0.1, 0.15) is 19.3 Å². The van der Waals surface area contributed by atoms with Crippen LogP contribution in [0.3, 0.4) is 0 Å². The van der Waals surface area contributed by atoms with Crippen LogP contribution in [0.4, 0.5) is 0 Å². The lowest BCUT2D eigenvalue weighted by Gasteiger charge is -2.15. The van der Waals surface area contributed by atoms with Gasteiger partial charge in [-0.1, -0.05) is 6.07 Å². The molecule has 76 valence electrons. The summed E-state index contributed by atoms with van der Waals surface area (Å²) in [5.41, 5.74) is 5.99. The van der Waals surface area contributed by atoms with Gasteiger partial charge in [0.05, 0.1) is 0 Å². The molecule has 0 amide bonds. The van der Waals surface area contributed by atoms with Gasteiger partial charge in [0, 0.05) is 18.8 Å². The maximum atomic E-state index is 11.5. The molecule has 0 aliphatic heterocycles. The first kappa shape index (κ1) is 9.46. The predicted molar refractivity (Wildman–Crippen MR) is 56.0 cm³/mol. The van der Waals surface area contributed by atoms with E-state index in [0.717, 1.165) is 19.5 Å². The molecule has 3 nitrogen and oxygen atoms in total. The number of pyridine rings is 1. The Morgan fingerprint density at radius 2 is 2.21 bits per heavy atom. The van der Waals surface area contributed by atoms with Crippen LogP contribution in [0.5, 0.6) is 0 Å². The van der Waals surface area contributed by atoms with E-state index in [1.807, 2.05) is 12.3 Å². The average Bonchev–Trinajstić information content (AvgIpc) is 2.90. The van der Waals surface area contributed by atoms with E-state index in [9.17, 15) is 4.79 Å². The molecule has 2 N–H and O–H groups in total. The van der Waals surface area contributed by atoms with Gasteiger partial charge in [-0.25, -0.2) is 0 Å². The van der Waals surface area contributed by atoms with Crippen LogP contribution in [-0.2, 0) is 6.54 Å². The van der Waals surface area contributed by atoms with Crippen molar-refractivity contribution in [2.75, 3.05) is 6.54 Å². The van der Waals surface area contributed by atoms with Gasteiger partial charge >= 0.3 is 0 Å². The van der Waals surface area contributed by atoms with Crippen LogP contribution in [0.25, 0.3) is 0 Å². The highest BCUT2D eigenvalue weighted by Gasteiger charge is 2.41. The fourth-order valence-electron chi connectivity index (χ4n) is 1.92. The van der Waals surface area contributed by atoms with E-state index in [2.05, 4.69) is 0 Å². The van der Waals surface area contributed by atoms with Gasteiger partial charge in [0.1, 0.15) is 0 Å². The summed E-state index contributed by atoms with van der Waals surface area (Å²) < 4.78 is 1.79. The largest absolute Gasteiger partial charge is 0.330 e. The number of hydrogen-bond donors (Lipinski definition) is 1. The summed E-state index contributed by atoms with van der Waals surface area (Å²) >= 11 is 0. The molecule has 0 unspecified atom stereocenters. The minimum atomic E-state index is 0.0933. The highest BCUT2D eigenvalue weighted by atomic mass is 16.1. The minimum Gasteiger partial charge on any atom is -0.330 e. The van der Waals surface area contributed by atoms with Crippen molar-refractivity contribution >= 4 is 0 Å². The van der Waals surface area contributed by atoms with Gasteiger partial charge in [-0.2, -0.15) is 0 Å². The second kappa shape index (κ2) is 3.58. The highest BCUT2D eigenvalue weighted by molar-refractivity contribution is 4.98. The first-order valence-corrected chi connectivity index (χ1v) is 5.11. The standard InChI is InChI=1S/C11H16N2O/c12-7-6-11(4-5-11)9-13-8-2-1-3-10(13)14/h1-3,8H,4-7,9,12H2. The van der Waals surface area contributed by atoms with E-state index >= 15 is 0 Å². The number of nitrogens with two attached hydrogens (primary N) is 1. The van der Waals surface area contributed by atoms with E-state index in [1.165, 1.54) is 12.8 Å². The molecule has 1 aromatic heterocycles. The Morgan fingerprint density at radius 3 is 2.79 bits per heavy atom. The molecular formula is C11H16N2O. The average molecular weight is 192 g/mol. The lowest BCUT2D eigenvalue weighted by Crippen LogP contribution is -2.24. The van der Waals surface area contributed by atoms with Gasteiger partial charge in [-0.05, 0) is 37.3 Å². The molecule has 14 heavy (non-hydrogen) atoms. The Morgan fingerprint density at radius 1 is 1.43 bits per heavy atom. The van der Waals surface area contributed by atoms with Gasteiger partial charge in [0.15, 0.2) is 0 Å². The summed E-state index contributed by atoms with van der Waals surface area (Å²) in [7, 11) is 0. The quantitative estimate of drug-likeness (QED) is 0.773. The fourth-order valence-corrected chi connectivity index (χ4v) is 1.92. The summed E-state index contributed by atoms with van der Waals surface area (Å²) in [4.78, 5) is 11.5. The maximum absolute atomic E-state index is 11.5. The Labute approximate surface area is 83.5 Å². The molecule has 0 radical (unpaired) electrons. The normalized spacial score (nSPS) is 18.1. The highest BCUT2D eigenvalue weighted by Crippen LogP contribution is 2.49. The number of hydrogen-bond acceptors (Lipinski definition) is 2. The maximum Gasteiger partial charge on any atom is 0.250 e. The molecular weight excluding hydrogens is 176 g/mol. The van der Waals surface area contributed by atoms with Crippen molar-refractivity contribution in [3.05, 3.63) is 34.7 Å². The van der Waals surface area contributed by atoms with Gasteiger partial charge in [0.2, 0.25) is 0 Å². The third kappa shape index (κ3) is 1.87. The smallest absolute Gasteiger partial charge is 0.250 e. The van der Waals surface area contributed by atoms with E-state index in [-0.39, 0.29) is 5.56 Å². The van der Waals surface area contributed by atoms with Gasteiger partial charge in [0.25, 0.3) is 5.56 Å². The van der Waals surface area contributed by atoms with Crippen LogP contribution >= 0.6 is 0 Å². The van der Waals surface area contributed by atoms with Crippen LogP contribution in [0.15, 0.2) is 29.2 Å². The molecule has 0 aromatic carbocycles. The van der Waals surface area contributed by atoms with Crippen molar-refractivity contribution in [2.24, 2.45) is 11.1 Å². The topological polar surface area (TPSA) is 48.0 Å². The lowest BCUT2D eigenvalue weighted by molar-refractivity contribution is 0.391. The summed E-state index contributed by atoms with van der Waals surface area (Å²) in [6, 6.07) is 5.29. The van der Waals surface area contributed by atoms with E-state index in [4.69, 9.17) is 5.73 Å². The zero-order valence-electron chi connectivity index (χ0n) is 8.28. The summed E-state index contributed by atoms with van der Waals surface area (Å²) in [5, 5.41) is 0. The van der Waals surface area contributed by atoms with Crippen molar-refractivity contribution < 1.29 is 0 Å². The lowest BCUT2D eigenvalue weighted by atomic mass is 10.0. The number of rotatable bonds is 4. The van der Waals surface area contributed by atoms with E-state index in [1.54, 1.807) is 16.7 Å². The van der Waals surface area contributed by atoms with Crippen LogP contribution < -0.4 is 11.3 Å². The van der Waals surface area contributed by atoms with E-state index < -0.39 is 0 Å². The Hall–Kier alpha value is -1.09. The molecule has 1 aliphatic rings. The summed E-state index contributed by atoms with van der Waals surface area (Å²) in [5.74, 6) is 0. The second-order valence-corrected chi connectivity index (χ2v) is 4.21. The zero-order valence-corrected chi connectivity index (χ0v) is 8.28. The van der Waals surface area contributed by atoms with Crippen molar-refractivity contribution in [3.8, 4) is 0 Å². The molecule has 1 fully saturated rings. The number of nitrogens with zero attached hydrogens (tertiary/aromatic N) is 1. The molecule has 3 heteroatoms. The monoisotopic (exact) mass is 192 g/mol. The van der Waals surface area contributed by atoms with Crippen molar-refractivity contribution in [1.29, 1.82) is 0 Å². The molecule has 1 aromatic rings. The third-order valence-electron chi connectivity index (χ3n) is 3.04. The Balaban J connectivity index is 2.11. The van der Waals surface area contributed by atoms with Crippen LogP contribution in [-0.4, -0.2) is 11.1 Å². The first-order valence-electron chi connectivity index (χ1n) is 5.11. The molecule has 1 saturated carbocycles. The van der Waals surface area contributed by atoms with E-state index in [0.29, 0.717) is 5.41 Å². The van der Waals surface area contributed by atoms with Gasteiger partial charge < -0.3 is 10.3 Å². The Kier molecular flexibility index (Phi) is 2.42. The molecule has 1 aliphatic carbocycles. The zero-order chi connectivity index (χ0) is 10.0. The first-order chi connectivity index (χ1) is 6.76. The second-order valence-electron chi connectivity index (χ2n) is 4.21. The molecule has 1 heterocycles. The van der Waals surface area contributed by atoms with Crippen molar-refractivity contribution in [1.82, 2.24) is 4.57 Å². The SMILES string of the molecule is NCCC1(Cn2ccccc2=O)CC1. The molecule has 0 bridgehead atoms. The fraction of sp³-hybridized carbons (Fsp3) is 0.545. The van der Waals surface area contributed by atoms with Crippen LogP contribution in [0, 0.1) is 5.41 Å². The summed E-state index contributed by atoms with van der Waals surface area (Å²) in [6.45, 7) is 1.56. The van der Waals surface area contributed by atoms with Crippen molar-refractivity contribution in [3.63, 3.8) is 0 Å². The minimum absolute atomic E-state index is 0.0933. The predicted octanol–water partition coefficient (Wildman–Crippen LogP) is 0.977. The molecule has 0 spiro atoms. The van der Waals surface area contributed by atoms with Gasteiger partial charge in [-0.3, -0.25) is 4.79 Å². The van der Waals surface area contributed by atoms with Crippen molar-refractivity contribution in [2.45, 2.75) is 25.8 Å². The molecule has 0 saturated heterocycles. The molecule has 2 rings (SSSR count). The van der Waals surface area contributed by atoms with Crippen LogP contribution in [0.2, 0.25) is 0 Å². The third-order valence-corrected chi connectivity index (χ3v) is 3.04. The van der Waals surface area contributed by atoms with Gasteiger partial charge in [-0.15, -0.1) is 0 Å². The number of aromatic nitrogens is 1. The Bertz CT molecular complexity index is 366.